The van der Waals surface area contributed by atoms with E-state index < -0.39 is 0 Å². The normalized spacial score (nSPS) is 11.1. The van der Waals surface area contributed by atoms with Crippen LogP contribution in [0, 0.1) is 0 Å². The monoisotopic (exact) mass is 314 g/mol. The lowest BCUT2D eigenvalue weighted by Gasteiger charge is -2.10. The topological polar surface area (TPSA) is 41.6 Å². The van der Waals surface area contributed by atoms with Gasteiger partial charge in [0.25, 0.3) is 0 Å². The van der Waals surface area contributed by atoms with E-state index in [1.54, 1.807) is 0 Å². The number of carbonyl (C=O) groups is 1. The number of nitrogens with one attached hydrogen (secondary N) is 1. The number of carbonyl (C=O) groups excluding carboxylic acids is 1. The fourth-order valence-corrected chi connectivity index (χ4v) is 2.38. The van der Waals surface area contributed by atoms with Gasteiger partial charge in [-0.15, -0.1) is 0 Å². The van der Waals surface area contributed by atoms with Crippen LogP contribution in [0.4, 0.5) is 0 Å². The molecule has 0 aromatic rings. The van der Waals surface area contributed by atoms with Crippen LogP contribution >= 0.6 is 0 Å². The first kappa shape index (κ1) is 21.4. The smallest absolute Gasteiger partial charge is 0.307 e. The Morgan fingerprint density at radius 3 is 2.09 bits per heavy atom. The first-order valence-electron chi connectivity index (χ1n) is 9.18. The molecule has 4 heteroatoms. The summed E-state index contributed by atoms with van der Waals surface area (Å²) in [5.74, 6) is -0.0666. The molecule has 132 valence electrons. The Morgan fingerprint density at radius 1 is 0.909 bits per heavy atom. The number of esters is 1. The summed E-state index contributed by atoms with van der Waals surface area (Å²) in [5, 5.41) is 3.14. The molecule has 0 saturated heterocycles. The molecule has 0 atom stereocenters. The highest BCUT2D eigenvalue weighted by Crippen LogP contribution is 2.10. The average molecular weight is 315 g/mol. The van der Waals surface area contributed by atoms with E-state index in [0.29, 0.717) is 13.2 Å². The van der Waals surface area contributed by atoms with E-state index in [9.17, 15) is 4.79 Å². The maximum Gasteiger partial charge on any atom is 0.307 e. The van der Waals surface area contributed by atoms with Crippen molar-refractivity contribution in [3.63, 3.8) is 0 Å². The summed E-state index contributed by atoms with van der Waals surface area (Å²) >= 11 is 0. The van der Waals surface area contributed by atoms with Crippen molar-refractivity contribution < 1.29 is 9.53 Å². The van der Waals surface area contributed by atoms with Crippen LogP contribution in [-0.4, -0.2) is 44.8 Å². The van der Waals surface area contributed by atoms with Gasteiger partial charge in [-0.25, -0.2) is 0 Å². The maximum absolute atomic E-state index is 11.5. The molecular weight excluding hydrogens is 276 g/mol. The van der Waals surface area contributed by atoms with E-state index >= 15 is 0 Å². The predicted molar refractivity (Wildman–Crippen MR) is 94.0 cm³/mol. The van der Waals surface area contributed by atoms with Gasteiger partial charge < -0.3 is 9.64 Å². The number of hydrogen-bond donors (Lipinski definition) is 1. The van der Waals surface area contributed by atoms with Crippen molar-refractivity contribution in [3.8, 4) is 0 Å². The predicted octanol–water partition coefficient (Wildman–Crippen LogP) is 3.95. The number of nitrogens with zero attached hydrogens (tertiary/aromatic N) is 1. The summed E-state index contributed by atoms with van der Waals surface area (Å²) in [5.41, 5.74) is 0. The molecule has 0 aliphatic rings. The van der Waals surface area contributed by atoms with Gasteiger partial charge in [0.15, 0.2) is 0 Å². The second-order valence-corrected chi connectivity index (χ2v) is 6.40. The minimum Gasteiger partial charge on any atom is -0.450 e. The Bertz CT molecular complexity index is 245. The van der Waals surface area contributed by atoms with Crippen LogP contribution in [-0.2, 0) is 9.53 Å². The number of rotatable bonds is 16. The Hall–Kier alpha value is -0.610. The lowest BCUT2D eigenvalue weighted by atomic mass is 10.1. The second kappa shape index (κ2) is 16.8. The molecule has 1 N–H and O–H groups in total. The summed E-state index contributed by atoms with van der Waals surface area (Å²) < 4.78 is 5.16. The molecule has 0 aromatic carbocycles. The number of unbranched alkanes of at least 4 members (excludes halogenated alkanes) is 8. The Morgan fingerprint density at radius 2 is 1.50 bits per heavy atom. The van der Waals surface area contributed by atoms with E-state index in [-0.39, 0.29) is 5.97 Å². The van der Waals surface area contributed by atoms with Gasteiger partial charge in [0.1, 0.15) is 6.73 Å². The fraction of sp³-hybridized carbons (Fsp3) is 0.944. The molecule has 0 aromatic heterocycles. The molecule has 0 spiro atoms. The van der Waals surface area contributed by atoms with E-state index in [1.165, 1.54) is 44.9 Å². The second-order valence-electron chi connectivity index (χ2n) is 6.40. The molecule has 0 unspecified atom stereocenters. The van der Waals surface area contributed by atoms with Crippen molar-refractivity contribution in [1.29, 1.82) is 0 Å². The molecule has 0 fully saturated rings. The van der Waals surface area contributed by atoms with E-state index in [4.69, 9.17) is 4.74 Å². The van der Waals surface area contributed by atoms with Gasteiger partial charge in [-0.05, 0) is 40.0 Å². The van der Waals surface area contributed by atoms with E-state index in [1.807, 2.05) is 0 Å². The van der Waals surface area contributed by atoms with Crippen molar-refractivity contribution in [2.24, 2.45) is 0 Å². The first-order chi connectivity index (χ1) is 10.7. The zero-order chi connectivity index (χ0) is 16.5. The van der Waals surface area contributed by atoms with Gasteiger partial charge in [-0.3, -0.25) is 10.1 Å². The number of ether oxygens (including phenoxy) is 1. The Kier molecular flexibility index (Phi) is 16.3. The maximum atomic E-state index is 11.5. The zero-order valence-electron chi connectivity index (χ0n) is 15.2. The summed E-state index contributed by atoms with van der Waals surface area (Å²) in [7, 11) is 4.12. The lowest BCUT2D eigenvalue weighted by molar-refractivity contribution is -0.144. The van der Waals surface area contributed by atoms with Crippen LogP contribution in [0.15, 0.2) is 0 Å². The molecule has 0 amide bonds. The molecular formula is C18H38N2O2. The Labute approximate surface area is 138 Å². The van der Waals surface area contributed by atoms with Crippen LogP contribution < -0.4 is 5.32 Å². The fourth-order valence-electron chi connectivity index (χ4n) is 2.38. The molecule has 0 heterocycles. The summed E-state index contributed by atoms with van der Waals surface area (Å²) in [4.78, 5) is 13.7. The summed E-state index contributed by atoms with van der Waals surface area (Å²) in [6.45, 7) is 4.55. The van der Waals surface area contributed by atoms with Crippen molar-refractivity contribution in [2.75, 3.05) is 33.9 Å². The van der Waals surface area contributed by atoms with Crippen molar-refractivity contribution >= 4 is 5.97 Å². The highest BCUT2D eigenvalue weighted by molar-refractivity contribution is 5.69. The summed E-state index contributed by atoms with van der Waals surface area (Å²) in [6, 6.07) is 0. The molecule has 0 aliphatic heterocycles. The highest BCUT2D eigenvalue weighted by atomic mass is 16.5. The summed E-state index contributed by atoms with van der Waals surface area (Å²) in [6.07, 6.45) is 13.1. The van der Waals surface area contributed by atoms with Gasteiger partial charge in [-0.1, -0.05) is 58.3 Å². The highest BCUT2D eigenvalue weighted by Gasteiger charge is 2.02. The lowest BCUT2D eigenvalue weighted by Crippen LogP contribution is -2.24. The first-order valence-corrected chi connectivity index (χ1v) is 9.18. The van der Waals surface area contributed by atoms with Crippen LogP contribution in [0.5, 0.6) is 0 Å². The molecule has 22 heavy (non-hydrogen) atoms. The van der Waals surface area contributed by atoms with E-state index in [2.05, 4.69) is 31.2 Å². The van der Waals surface area contributed by atoms with Crippen molar-refractivity contribution in [3.05, 3.63) is 0 Å². The van der Waals surface area contributed by atoms with Gasteiger partial charge in [0.05, 0.1) is 0 Å². The SMILES string of the molecule is CCCCCCCCCCCC(=O)OCNCCCN(C)C. The molecule has 0 bridgehead atoms. The van der Waals surface area contributed by atoms with Crippen LogP contribution in [0.1, 0.15) is 77.6 Å². The molecule has 0 radical (unpaired) electrons. The van der Waals surface area contributed by atoms with Crippen LogP contribution in [0.25, 0.3) is 0 Å². The molecule has 0 saturated carbocycles. The number of hydrogen-bond acceptors (Lipinski definition) is 4. The molecule has 0 aliphatic carbocycles. The van der Waals surface area contributed by atoms with Gasteiger partial charge >= 0.3 is 5.97 Å². The van der Waals surface area contributed by atoms with Gasteiger partial charge in [-0.2, -0.15) is 0 Å². The quantitative estimate of drug-likeness (QED) is 0.266. The van der Waals surface area contributed by atoms with Crippen molar-refractivity contribution in [2.45, 2.75) is 77.6 Å². The minimum absolute atomic E-state index is 0.0666. The van der Waals surface area contributed by atoms with Crippen molar-refractivity contribution in [1.82, 2.24) is 10.2 Å². The third-order valence-corrected chi connectivity index (χ3v) is 3.78. The third-order valence-electron chi connectivity index (χ3n) is 3.78. The standard InChI is InChI=1S/C18H38N2O2/c1-4-5-6-7-8-9-10-11-12-14-18(21)22-17-19-15-13-16-20(2)3/h19H,4-17H2,1-3H3. The van der Waals surface area contributed by atoms with Gasteiger partial charge in [0, 0.05) is 6.42 Å². The molecule has 4 nitrogen and oxygen atoms in total. The van der Waals surface area contributed by atoms with Crippen LogP contribution in [0.3, 0.4) is 0 Å². The Balaban J connectivity index is 3.16. The third kappa shape index (κ3) is 17.4. The zero-order valence-corrected chi connectivity index (χ0v) is 15.2. The average Bonchev–Trinajstić information content (AvgIpc) is 2.48. The van der Waals surface area contributed by atoms with Crippen LogP contribution in [0.2, 0.25) is 0 Å². The minimum atomic E-state index is -0.0666. The largest absolute Gasteiger partial charge is 0.450 e. The van der Waals surface area contributed by atoms with E-state index in [0.717, 1.165) is 32.4 Å². The van der Waals surface area contributed by atoms with Gasteiger partial charge in [0.2, 0.25) is 0 Å². The molecule has 0 rings (SSSR count).